The second kappa shape index (κ2) is 20.6. The molecule has 3 saturated heterocycles. The summed E-state index contributed by atoms with van der Waals surface area (Å²) >= 11 is 0. The molecule has 16 nitrogen and oxygen atoms in total. The van der Waals surface area contributed by atoms with Crippen molar-refractivity contribution < 1.29 is 43.2 Å². The Bertz CT molecular complexity index is 2000. The molecule has 4 heterocycles. The number of nitrogen functional groups attached to an aromatic ring is 1. The van der Waals surface area contributed by atoms with Crippen molar-refractivity contribution in [3.05, 3.63) is 66.4 Å². The van der Waals surface area contributed by atoms with Gasteiger partial charge in [-0.1, -0.05) is 68.4 Å². The van der Waals surface area contributed by atoms with Crippen molar-refractivity contribution in [1.29, 1.82) is 0 Å². The molecular formula is C47H69N7O9. The fourth-order valence-corrected chi connectivity index (χ4v) is 9.87. The van der Waals surface area contributed by atoms with Gasteiger partial charge in [-0.25, -0.2) is 4.79 Å². The number of fused-ring (bicyclic) bond motifs is 1. The van der Waals surface area contributed by atoms with Gasteiger partial charge in [0.15, 0.2) is 17.7 Å². The standard InChI is InChI=1S/C47H69N7O9/c1-9-38-47(7)41(54(45(58)63-47)21-14-13-20-53-27-37(51-52-53)33-18-15-19-34(48)24-33)36(23-32-16-11-10-12-17-32)50-26-28(2)25-46(6,59-8)42(30(4)39(55)31(5)43(57)61-38)62-44-40(56)35(49)22-29(3)60-44/h10-12,15-19,24,27-31,35-36,38,40-42,44,50,56H,9,13-14,20-23,25-26,48-49H2,1-8H3/t28-,29-,30+,31-,35?,36-,38-,40?,41-,42-,44+,46-,47-/m1/s1. The number of anilines is 1. The molecule has 16 heteroatoms. The van der Waals surface area contributed by atoms with Gasteiger partial charge in [0, 0.05) is 49.5 Å². The van der Waals surface area contributed by atoms with Crippen LogP contribution >= 0.6 is 0 Å². The second-order valence-electron chi connectivity index (χ2n) is 18.4. The Balaban J connectivity index is 1.31. The number of ether oxygens (including phenoxy) is 5. The Morgan fingerprint density at radius 1 is 1.02 bits per heavy atom. The summed E-state index contributed by atoms with van der Waals surface area (Å²) in [5, 5.41) is 23.6. The molecule has 0 aliphatic carbocycles. The highest BCUT2D eigenvalue weighted by molar-refractivity contribution is 6.00. The average Bonchev–Trinajstić information content (AvgIpc) is 3.84. The number of hydrogen-bond donors (Lipinski definition) is 4. The summed E-state index contributed by atoms with van der Waals surface area (Å²) in [6, 6.07) is 16.0. The molecule has 0 saturated carbocycles. The van der Waals surface area contributed by atoms with Crippen LogP contribution in [0.25, 0.3) is 11.3 Å². The minimum Gasteiger partial charge on any atom is -0.458 e. The Morgan fingerprint density at radius 3 is 2.44 bits per heavy atom. The lowest BCUT2D eigenvalue weighted by atomic mass is 9.78. The van der Waals surface area contributed by atoms with Crippen LogP contribution in [0.5, 0.6) is 0 Å². The lowest BCUT2D eigenvalue weighted by Crippen LogP contribution is -2.62. The first-order valence-corrected chi connectivity index (χ1v) is 22.5. The smallest absolute Gasteiger partial charge is 0.410 e. The molecule has 6 N–H and O–H groups in total. The van der Waals surface area contributed by atoms with Crippen LogP contribution in [-0.2, 0) is 46.2 Å². The minimum absolute atomic E-state index is 0.0694. The number of nitrogens with two attached hydrogens (primary N) is 2. The van der Waals surface area contributed by atoms with E-state index in [0.29, 0.717) is 63.8 Å². The first-order valence-electron chi connectivity index (χ1n) is 22.5. The number of aliphatic hydroxyl groups is 1. The number of benzene rings is 2. The van der Waals surface area contributed by atoms with E-state index in [4.69, 9.17) is 35.2 Å². The number of rotatable bonds is 12. The van der Waals surface area contributed by atoms with Crippen molar-refractivity contribution in [3.8, 4) is 11.3 Å². The number of esters is 1. The Hall–Kier alpha value is -4.45. The third-order valence-electron chi connectivity index (χ3n) is 13.4. The molecule has 0 spiro atoms. The summed E-state index contributed by atoms with van der Waals surface area (Å²) in [5.41, 5.74) is 13.2. The number of aromatic nitrogens is 3. The van der Waals surface area contributed by atoms with Crippen LogP contribution in [0.3, 0.4) is 0 Å². The summed E-state index contributed by atoms with van der Waals surface area (Å²) in [4.78, 5) is 44.7. The summed E-state index contributed by atoms with van der Waals surface area (Å²) < 4.78 is 33.4. The maximum atomic E-state index is 14.5. The normalized spacial score (nSPS) is 34.7. The van der Waals surface area contributed by atoms with Crippen molar-refractivity contribution >= 4 is 23.5 Å². The number of unbranched alkanes of at least 4 members (excludes halogenated alkanes) is 1. The van der Waals surface area contributed by atoms with E-state index >= 15 is 0 Å². The Kier molecular flexibility index (Phi) is 15.7. The van der Waals surface area contributed by atoms with E-state index in [1.54, 1.807) is 23.6 Å². The SMILES string of the molecule is CC[C@H]1OC(=O)[C@H](C)C(=O)[C@H](C)[C@@H](O[C@@H]2O[C@H](C)CC(N)C2O)[C@](C)(OC)C[C@@H](C)CN[C@H](Cc2ccccc2)[C@H]2N(CCCCn3cc(-c4cccc(N)c4)nn3)C(=O)O[C@]12C. The molecule has 1 aromatic heterocycles. The van der Waals surface area contributed by atoms with Crippen LogP contribution in [-0.4, -0.2) is 123 Å². The van der Waals surface area contributed by atoms with Crippen LogP contribution in [0, 0.1) is 17.8 Å². The number of Topliss-reactive ketones (excluding diaryl/α,β-unsaturated/α-hetero) is 1. The van der Waals surface area contributed by atoms with Gasteiger partial charge in [-0.2, -0.15) is 0 Å². The number of amides is 1. The summed E-state index contributed by atoms with van der Waals surface area (Å²) in [5.74, 6) is -3.35. The monoisotopic (exact) mass is 876 g/mol. The average molecular weight is 876 g/mol. The zero-order valence-corrected chi connectivity index (χ0v) is 38.1. The van der Waals surface area contributed by atoms with Gasteiger partial charge in [0.05, 0.1) is 30.0 Å². The van der Waals surface area contributed by atoms with Gasteiger partial charge in [-0.3, -0.25) is 19.2 Å². The molecule has 2 aromatic carbocycles. The summed E-state index contributed by atoms with van der Waals surface area (Å²) in [7, 11) is 1.57. The zero-order chi connectivity index (χ0) is 45.6. The van der Waals surface area contributed by atoms with Crippen LogP contribution < -0.4 is 16.8 Å². The molecule has 3 aliphatic rings. The number of methoxy groups -OCH3 is 1. The molecule has 0 bridgehead atoms. The van der Waals surface area contributed by atoms with Crippen molar-refractivity contribution in [2.24, 2.45) is 23.5 Å². The maximum absolute atomic E-state index is 14.5. The van der Waals surface area contributed by atoms with E-state index in [0.717, 1.165) is 16.8 Å². The Morgan fingerprint density at radius 2 is 1.75 bits per heavy atom. The predicted molar refractivity (Wildman–Crippen MR) is 237 cm³/mol. The van der Waals surface area contributed by atoms with E-state index in [1.807, 2.05) is 76.4 Å². The number of nitrogens with one attached hydrogen (secondary N) is 1. The molecule has 2 unspecified atom stereocenters. The molecule has 3 aromatic rings. The maximum Gasteiger partial charge on any atom is 0.410 e. The molecular weight excluding hydrogens is 807 g/mol. The van der Waals surface area contributed by atoms with Crippen LogP contribution in [0.1, 0.15) is 86.1 Å². The topological polar surface area (TPSA) is 216 Å². The van der Waals surface area contributed by atoms with Crippen molar-refractivity contribution in [2.45, 2.75) is 154 Å². The second-order valence-corrected chi connectivity index (χ2v) is 18.4. The minimum atomic E-state index is -1.30. The highest BCUT2D eigenvalue weighted by Crippen LogP contribution is 2.41. The van der Waals surface area contributed by atoms with E-state index in [9.17, 15) is 19.5 Å². The summed E-state index contributed by atoms with van der Waals surface area (Å²) in [6.45, 7) is 14.2. The van der Waals surface area contributed by atoms with Gasteiger partial charge >= 0.3 is 12.1 Å². The van der Waals surface area contributed by atoms with E-state index in [1.165, 1.54) is 6.92 Å². The first kappa shape index (κ1) is 48.0. The van der Waals surface area contributed by atoms with E-state index < -0.39 is 77.6 Å². The highest BCUT2D eigenvalue weighted by atomic mass is 16.7. The zero-order valence-electron chi connectivity index (χ0n) is 38.1. The number of carbonyl (C=O) groups is 3. The number of ketones is 1. The van der Waals surface area contributed by atoms with Crippen molar-refractivity contribution in [2.75, 3.05) is 25.9 Å². The van der Waals surface area contributed by atoms with Gasteiger partial charge in [-0.05, 0) is 96.4 Å². The molecule has 3 fully saturated rings. The molecule has 1 amide bonds. The van der Waals surface area contributed by atoms with E-state index in [2.05, 4.69) is 34.7 Å². The number of nitrogens with zero attached hydrogens (tertiary/aromatic N) is 4. The summed E-state index contributed by atoms with van der Waals surface area (Å²) in [6.07, 6.45) is -0.00755. The van der Waals surface area contributed by atoms with Gasteiger partial charge in [0.2, 0.25) is 0 Å². The third-order valence-corrected chi connectivity index (χ3v) is 13.4. The van der Waals surface area contributed by atoms with Gasteiger partial charge in [-0.15, -0.1) is 5.10 Å². The van der Waals surface area contributed by atoms with E-state index in [-0.39, 0.29) is 18.1 Å². The van der Waals surface area contributed by atoms with Gasteiger partial charge in [0.25, 0.3) is 0 Å². The highest BCUT2D eigenvalue weighted by Gasteiger charge is 2.59. The van der Waals surface area contributed by atoms with Crippen LogP contribution in [0.15, 0.2) is 60.8 Å². The third kappa shape index (κ3) is 10.9. The first-order chi connectivity index (χ1) is 30.0. The number of hydrogen-bond acceptors (Lipinski definition) is 14. The number of cyclic esters (lactones) is 1. The Labute approximate surface area is 371 Å². The van der Waals surface area contributed by atoms with Crippen LogP contribution in [0.4, 0.5) is 10.5 Å². The largest absolute Gasteiger partial charge is 0.458 e. The molecule has 13 atom stereocenters. The number of aryl methyl sites for hydroxylation is 1. The van der Waals surface area contributed by atoms with Crippen molar-refractivity contribution in [1.82, 2.24) is 25.2 Å². The lowest BCUT2D eigenvalue weighted by Gasteiger charge is -2.45. The molecule has 3 aliphatic heterocycles. The fraction of sp³-hybridized carbons (Fsp3) is 0.638. The molecule has 0 radical (unpaired) electrons. The lowest BCUT2D eigenvalue weighted by molar-refractivity contribution is -0.288. The van der Waals surface area contributed by atoms with Gasteiger partial charge < -0.3 is 45.6 Å². The number of carbonyl (C=O) groups excluding carboxylic acids is 3. The van der Waals surface area contributed by atoms with Crippen molar-refractivity contribution in [3.63, 3.8) is 0 Å². The predicted octanol–water partition coefficient (Wildman–Crippen LogP) is 4.90. The van der Waals surface area contributed by atoms with Crippen LogP contribution in [0.2, 0.25) is 0 Å². The quantitative estimate of drug-likeness (QED) is 0.0825. The molecule has 63 heavy (non-hydrogen) atoms. The molecule has 346 valence electrons. The number of aliphatic hydroxyl groups excluding tert-OH is 1. The van der Waals surface area contributed by atoms with Gasteiger partial charge in [0.1, 0.15) is 23.8 Å². The molecule has 6 rings (SSSR count). The fourth-order valence-electron chi connectivity index (χ4n) is 9.87.